The van der Waals surface area contributed by atoms with Gasteiger partial charge in [-0.2, -0.15) is 13.2 Å². The van der Waals surface area contributed by atoms with Gasteiger partial charge in [0, 0.05) is 11.5 Å². The minimum Gasteiger partial charge on any atom is -0.284 e. The summed E-state index contributed by atoms with van der Waals surface area (Å²) >= 11 is 0. The fourth-order valence-corrected chi connectivity index (χ4v) is 2.29. The van der Waals surface area contributed by atoms with E-state index in [-0.39, 0.29) is 11.5 Å². The molecule has 0 saturated heterocycles. The van der Waals surface area contributed by atoms with Gasteiger partial charge in [0.2, 0.25) is 0 Å². The molecule has 0 heterocycles. The molecule has 0 saturated carbocycles. The van der Waals surface area contributed by atoms with Gasteiger partial charge in [-0.05, 0) is 30.2 Å². The zero-order valence-electron chi connectivity index (χ0n) is 11.7. The number of halogens is 3. The maximum Gasteiger partial charge on any atom is 0.454 e. The molecule has 4 heteroatoms. The number of ketones is 1. The summed E-state index contributed by atoms with van der Waals surface area (Å²) in [6.07, 6.45) is -4.85. The summed E-state index contributed by atoms with van der Waals surface area (Å²) in [4.78, 5) is 11.4. The molecule has 0 aromatic heterocycles. The molecule has 2 rings (SSSR count). The van der Waals surface area contributed by atoms with Gasteiger partial charge in [-0.1, -0.05) is 48.9 Å². The normalized spacial score (nSPS) is 13.0. The number of carbonyl (C=O) groups is 1. The van der Waals surface area contributed by atoms with Crippen LogP contribution in [0, 0.1) is 6.92 Å². The van der Waals surface area contributed by atoms with Crippen molar-refractivity contribution in [1.82, 2.24) is 0 Å². The molecule has 21 heavy (non-hydrogen) atoms. The number of Topliss-reactive ketones (excluding diaryl/α,β-unsaturated/α-hetero) is 1. The molecule has 0 spiro atoms. The van der Waals surface area contributed by atoms with Crippen molar-refractivity contribution in [2.24, 2.45) is 0 Å². The first-order valence-electron chi connectivity index (χ1n) is 6.57. The maximum absolute atomic E-state index is 12.6. The van der Waals surface area contributed by atoms with Crippen LogP contribution in [0.15, 0.2) is 48.5 Å². The van der Waals surface area contributed by atoms with Gasteiger partial charge in [0.05, 0.1) is 0 Å². The van der Waals surface area contributed by atoms with E-state index in [0.717, 1.165) is 5.56 Å². The molecule has 0 radical (unpaired) electrons. The van der Waals surface area contributed by atoms with E-state index in [1.807, 2.05) is 43.3 Å². The van der Waals surface area contributed by atoms with E-state index in [1.165, 1.54) is 12.1 Å². The Labute approximate surface area is 121 Å². The van der Waals surface area contributed by atoms with Gasteiger partial charge in [-0.3, -0.25) is 4.79 Å². The maximum atomic E-state index is 12.6. The van der Waals surface area contributed by atoms with Crippen LogP contribution in [0.25, 0.3) is 0 Å². The molecule has 0 amide bonds. The Morgan fingerprint density at radius 3 is 2.19 bits per heavy atom. The Hall–Kier alpha value is -2.10. The van der Waals surface area contributed by atoms with Crippen molar-refractivity contribution in [3.63, 3.8) is 0 Å². The molecule has 0 fully saturated rings. The molecular weight excluding hydrogens is 277 g/mol. The summed E-state index contributed by atoms with van der Waals surface area (Å²) in [5, 5.41) is 0. The van der Waals surface area contributed by atoms with E-state index >= 15 is 0 Å². The van der Waals surface area contributed by atoms with Gasteiger partial charge in [0.15, 0.2) is 0 Å². The van der Waals surface area contributed by atoms with Crippen LogP contribution in [0.2, 0.25) is 0 Å². The Bertz CT molecular complexity index is 645. The van der Waals surface area contributed by atoms with E-state index in [9.17, 15) is 18.0 Å². The molecule has 0 aliphatic rings. The molecular formula is C17H15F3O. The van der Waals surface area contributed by atoms with Crippen molar-refractivity contribution in [1.29, 1.82) is 0 Å². The lowest BCUT2D eigenvalue weighted by atomic mass is 9.90. The average molecular weight is 292 g/mol. The second-order valence-corrected chi connectivity index (χ2v) is 5.09. The summed E-state index contributed by atoms with van der Waals surface area (Å²) in [6, 6.07) is 13.9. The standard InChI is InChI=1S/C17H15F3O/c1-11-8-14(12(2)13-6-4-3-5-7-13)10-15(9-11)16(21)17(18,19)20/h3-10,12H,1-2H3. The number of carbonyl (C=O) groups excluding carboxylic acids is 1. The third-order valence-electron chi connectivity index (χ3n) is 3.42. The molecule has 0 bridgehead atoms. The van der Waals surface area contributed by atoms with E-state index in [1.54, 1.807) is 6.92 Å². The van der Waals surface area contributed by atoms with Crippen LogP contribution >= 0.6 is 0 Å². The second kappa shape index (κ2) is 5.72. The zero-order chi connectivity index (χ0) is 15.6. The van der Waals surface area contributed by atoms with Crippen LogP contribution < -0.4 is 0 Å². The molecule has 0 aliphatic heterocycles. The van der Waals surface area contributed by atoms with Crippen LogP contribution in [-0.2, 0) is 0 Å². The van der Waals surface area contributed by atoms with Gasteiger partial charge >= 0.3 is 6.18 Å². The van der Waals surface area contributed by atoms with Crippen molar-refractivity contribution in [3.8, 4) is 0 Å². The highest BCUT2D eigenvalue weighted by Crippen LogP contribution is 2.28. The quantitative estimate of drug-likeness (QED) is 0.736. The Morgan fingerprint density at radius 2 is 1.62 bits per heavy atom. The molecule has 110 valence electrons. The molecule has 1 unspecified atom stereocenters. The first-order valence-corrected chi connectivity index (χ1v) is 6.57. The van der Waals surface area contributed by atoms with Crippen LogP contribution in [-0.4, -0.2) is 12.0 Å². The van der Waals surface area contributed by atoms with Gasteiger partial charge in [-0.15, -0.1) is 0 Å². The molecule has 1 atom stereocenters. The zero-order valence-corrected chi connectivity index (χ0v) is 11.7. The van der Waals surface area contributed by atoms with Crippen molar-refractivity contribution in [2.75, 3.05) is 0 Å². The minimum atomic E-state index is -4.85. The van der Waals surface area contributed by atoms with Crippen molar-refractivity contribution < 1.29 is 18.0 Å². The molecule has 2 aromatic carbocycles. The van der Waals surface area contributed by atoms with Gasteiger partial charge in [0.1, 0.15) is 0 Å². The highest BCUT2D eigenvalue weighted by Gasteiger charge is 2.39. The van der Waals surface area contributed by atoms with Gasteiger partial charge < -0.3 is 0 Å². The van der Waals surface area contributed by atoms with Crippen LogP contribution in [0.3, 0.4) is 0 Å². The summed E-state index contributed by atoms with van der Waals surface area (Å²) in [5.74, 6) is -1.88. The second-order valence-electron chi connectivity index (χ2n) is 5.09. The Kier molecular flexibility index (Phi) is 4.16. The summed E-state index contributed by atoms with van der Waals surface area (Å²) in [5.41, 5.74) is 2.03. The topological polar surface area (TPSA) is 17.1 Å². The van der Waals surface area contributed by atoms with Crippen molar-refractivity contribution in [3.05, 3.63) is 70.8 Å². The summed E-state index contributed by atoms with van der Waals surface area (Å²) in [6.45, 7) is 3.60. The number of benzene rings is 2. The molecule has 0 aliphatic carbocycles. The number of hydrogen-bond donors (Lipinski definition) is 0. The predicted octanol–water partition coefficient (Wildman–Crippen LogP) is 4.89. The highest BCUT2D eigenvalue weighted by molar-refractivity contribution is 6.00. The van der Waals surface area contributed by atoms with E-state index in [2.05, 4.69) is 0 Å². The molecule has 1 nitrogen and oxygen atoms in total. The third-order valence-corrected chi connectivity index (χ3v) is 3.42. The summed E-state index contributed by atoms with van der Waals surface area (Å²) in [7, 11) is 0. The van der Waals surface area contributed by atoms with Crippen LogP contribution in [0.4, 0.5) is 13.2 Å². The van der Waals surface area contributed by atoms with Crippen LogP contribution in [0.1, 0.15) is 39.9 Å². The van der Waals surface area contributed by atoms with Crippen molar-refractivity contribution in [2.45, 2.75) is 25.9 Å². The lowest BCUT2D eigenvalue weighted by Gasteiger charge is -2.15. The Morgan fingerprint density at radius 1 is 1.00 bits per heavy atom. The lowest BCUT2D eigenvalue weighted by molar-refractivity contribution is -0.0885. The SMILES string of the molecule is Cc1cc(C(=O)C(F)(F)F)cc(C(C)c2ccccc2)c1. The third kappa shape index (κ3) is 3.51. The number of alkyl halides is 3. The number of aryl methyl sites for hydroxylation is 1. The first-order chi connectivity index (χ1) is 9.79. The van der Waals surface area contributed by atoms with Crippen molar-refractivity contribution >= 4 is 5.78 Å². The number of hydrogen-bond acceptors (Lipinski definition) is 1. The molecule has 0 N–H and O–H groups in total. The van der Waals surface area contributed by atoms with Gasteiger partial charge in [0.25, 0.3) is 5.78 Å². The minimum absolute atomic E-state index is 0.0779. The Balaban J connectivity index is 2.42. The molecule has 2 aromatic rings. The van der Waals surface area contributed by atoms with Crippen LogP contribution in [0.5, 0.6) is 0 Å². The van der Waals surface area contributed by atoms with Gasteiger partial charge in [-0.25, -0.2) is 0 Å². The lowest BCUT2D eigenvalue weighted by Crippen LogP contribution is -2.23. The predicted molar refractivity (Wildman–Crippen MR) is 75.5 cm³/mol. The fourth-order valence-electron chi connectivity index (χ4n) is 2.29. The van der Waals surface area contributed by atoms with E-state index in [4.69, 9.17) is 0 Å². The average Bonchev–Trinajstić information content (AvgIpc) is 2.45. The smallest absolute Gasteiger partial charge is 0.284 e. The first kappa shape index (κ1) is 15.3. The highest BCUT2D eigenvalue weighted by atomic mass is 19.4. The largest absolute Gasteiger partial charge is 0.454 e. The van der Waals surface area contributed by atoms with E-state index in [0.29, 0.717) is 11.1 Å². The monoisotopic (exact) mass is 292 g/mol. The van der Waals surface area contributed by atoms with E-state index < -0.39 is 12.0 Å². The summed E-state index contributed by atoms with van der Waals surface area (Å²) < 4.78 is 37.7. The number of rotatable bonds is 3. The fraction of sp³-hybridized carbons (Fsp3) is 0.235.